The molecule has 22 heavy (non-hydrogen) atoms. The third-order valence-electron chi connectivity index (χ3n) is 2.34. The van der Waals surface area contributed by atoms with Gasteiger partial charge in [0.05, 0.1) is 26.4 Å². The molecule has 1 aromatic heterocycles. The number of benzene rings is 1. The van der Waals surface area contributed by atoms with E-state index >= 15 is 0 Å². The van der Waals surface area contributed by atoms with Gasteiger partial charge in [-0.1, -0.05) is 35.0 Å². The smallest absolute Gasteiger partial charge is 0.277 e. The van der Waals surface area contributed by atoms with Crippen LogP contribution in [0.5, 0.6) is 0 Å². The molecule has 11 heteroatoms. The van der Waals surface area contributed by atoms with Crippen molar-refractivity contribution in [1.29, 1.82) is 0 Å². The maximum Gasteiger partial charge on any atom is 0.277 e. The zero-order valence-electron chi connectivity index (χ0n) is 11.0. The highest BCUT2D eigenvalue weighted by atomic mass is 35.5. The van der Waals surface area contributed by atoms with Crippen LogP contribution in [-0.2, 0) is 4.79 Å². The molecule has 0 bridgehead atoms. The number of hydrogen-bond donors (Lipinski definition) is 1. The first-order valence-corrected chi connectivity index (χ1v) is 7.47. The fourth-order valence-corrected chi connectivity index (χ4v) is 2.60. The van der Waals surface area contributed by atoms with Crippen molar-refractivity contribution < 1.29 is 14.1 Å². The fourth-order valence-electron chi connectivity index (χ4n) is 1.42. The van der Waals surface area contributed by atoms with Gasteiger partial charge in [-0.2, -0.15) is 0 Å². The van der Waals surface area contributed by atoms with Crippen molar-refractivity contribution >= 4 is 52.2 Å². The van der Waals surface area contributed by atoms with Gasteiger partial charge in [-0.3, -0.25) is 14.9 Å². The minimum Gasteiger partial charge on any atom is -0.416 e. The summed E-state index contributed by atoms with van der Waals surface area (Å²) in [4.78, 5) is 21.9. The van der Waals surface area contributed by atoms with Crippen LogP contribution in [0.25, 0.3) is 0 Å². The number of aromatic nitrogens is 2. The number of nitro groups is 1. The molecule has 0 saturated heterocycles. The lowest BCUT2D eigenvalue weighted by Crippen LogP contribution is -2.14. The monoisotopic (exact) mass is 362 g/mol. The molecule has 1 amide bonds. The normalized spacial score (nSPS) is 10.5. The van der Waals surface area contributed by atoms with Crippen molar-refractivity contribution in [2.75, 3.05) is 11.1 Å². The number of anilines is 1. The van der Waals surface area contributed by atoms with Gasteiger partial charge in [0.1, 0.15) is 0 Å². The Kier molecular flexibility index (Phi) is 5.22. The Morgan fingerprint density at radius 1 is 1.41 bits per heavy atom. The molecular formula is C11H8Cl2N4O4S. The molecule has 1 N–H and O–H groups in total. The quantitative estimate of drug-likeness (QED) is 0.493. The minimum atomic E-state index is -0.628. The number of aryl methyl sites for hydroxylation is 1. The van der Waals surface area contributed by atoms with Crippen molar-refractivity contribution in [3.63, 3.8) is 0 Å². The first-order valence-electron chi connectivity index (χ1n) is 5.73. The number of non-ortho nitro benzene ring substituents is 1. The van der Waals surface area contributed by atoms with Gasteiger partial charge in [0.25, 0.3) is 10.9 Å². The molecule has 1 heterocycles. The third-order valence-corrected chi connectivity index (χ3v) is 3.75. The number of hydrogen-bond acceptors (Lipinski definition) is 7. The van der Waals surface area contributed by atoms with E-state index in [1.165, 1.54) is 0 Å². The largest absolute Gasteiger partial charge is 0.416 e. The SMILES string of the molecule is Cc1nnc(SCC(=O)Nc2c(Cl)cc([N+](=O)[O-])cc2Cl)o1. The van der Waals surface area contributed by atoms with Crippen molar-refractivity contribution in [1.82, 2.24) is 10.2 Å². The van der Waals surface area contributed by atoms with E-state index in [9.17, 15) is 14.9 Å². The number of halogens is 2. The minimum absolute atomic E-state index is 0.00865. The second-order valence-corrected chi connectivity index (χ2v) is 5.71. The molecule has 2 aromatic rings. The molecule has 116 valence electrons. The van der Waals surface area contributed by atoms with Crippen LogP contribution in [0.4, 0.5) is 11.4 Å². The lowest BCUT2D eigenvalue weighted by atomic mass is 10.3. The van der Waals surface area contributed by atoms with Crippen LogP contribution in [0.15, 0.2) is 21.8 Å². The van der Waals surface area contributed by atoms with Gasteiger partial charge in [-0.25, -0.2) is 0 Å². The average Bonchev–Trinajstić information content (AvgIpc) is 2.86. The van der Waals surface area contributed by atoms with Gasteiger partial charge in [-0.15, -0.1) is 10.2 Å². The van der Waals surface area contributed by atoms with E-state index < -0.39 is 10.8 Å². The number of nitrogens with zero attached hydrogens (tertiary/aromatic N) is 3. The van der Waals surface area contributed by atoms with Gasteiger partial charge >= 0.3 is 0 Å². The summed E-state index contributed by atoms with van der Waals surface area (Å²) in [6.07, 6.45) is 0. The van der Waals surface area contributed by atoms with Gasteiger partial charge in [0.2, 0.25) is 11.8 Å². The molecule has 2 rings (SSSR count). The van der Waals surface area contributed by atoms with E-state index in [1.807, 2.05) is 0 Å². The van der Waals surface area contributed by atoms with Crippen molar-refractivity contribution in [3.05, 3.63) is 38.2 Å². The van der Waals surface area contributed by atoms with Crippen LogP contribution in [0, 0.1) is 17.0 Å². The highest BCUT2D eigenvalue weighted by Crippen LogP contribution is 2.34. The standard InChI is InChI=1S/C11H8Cl2N4O4S/c1-5-15-16-11(21-5)22-4-9(18)14-10-7(12)2-6(17(19)20)3-8(10)13/h2-3H,4H2,1H3,(H,14,18). The number of rotatable bonds is 5. The van der Waals surface area contributed by atoms with Gasteiger partial charge in [0, 0.05) is 19.1 Å². The summed E-state index contributed by atoms with van der Waals surface area (Å²) >= 11 is 12.8. The van der Waals surface area contributed by atoms with E-state index in [2.05, 4.69) is 15.5 Å². The molecule has 0 spiro atoms. The van der Waals surface area contributed by atoms with Crippen LogP contribution < -0.4 is 5.32 Å². The Balaban J connectivity index is 2.03. The van der Waals surface area contributed by atoms with E-state index in [0.29, 0.717) is 5.89 Å². The highest BCUT2D eigenvalue weighted by Gasteiger charge is 2.17. The summed E-state index contributed by atoms with van der Waals surface area (Å²) in [6, 6.07) is 2.22. The molecule has 1 aromatic carbocycles. The highest BCUT2D eigenvalue weighted by molar-refractivity contribution is 7.99. The number of nitro benzene ring substituents is 1. The Labute approximate surface area is 138 Å². The number of nitrogens with one attached hydrogen (secondary N) is 1. The second-order valence-electron chi connectivity index (χ2n) is 3.97. The number of carbonyl (C=O) groups excluding carboxylic acids is 1. The summed E-state index contributed by atoms with van der Waals surface area (Å²) in [7, 11) is 0. The van der Waals surface area contributed by atoms with E-state index in [-0.39, 0.29) is 32.4 Å². The van der Waals surface area contributed by atoms with E-state index in [0.717, 1.165) is 23.9 Å². The van der Waals surface area contributed by atoms with Crippen molar-refractivity contribution in [2.45, 2.75) is 12.1 Å². The number of carbonyl (C=O) groups is 1. The molecule has 0 atom stereocenters. The topological polar surface area (TPSA) is 111 Å². The third kappa shape index (κ3) is 4.09. The maximum atomic E-state index is 11.8. The number of thioether (sulfide) groups is 1. The summed E-state index contributed by atoms with van der Waals surface area (Å²) < 4.78 is 5.11. The molecular weight excluding hydrogens is 355 g/mol. The van der Waals surface area contributed by atoms with Crippen LogP contribution >= 0.6 is 35.0 Å². The van der Waals surface area contributed by atoms with Crippen LogP contribution in [0.3, 0.4) is 0 Å². The Bertz CT molecular complexity index is 714. The van der Waals surface area contributed by atoms with Crippen molar-refractivity contribution in [3.8, 4) is 0 Å². The maximum absolute atomic E-state index is 11.8. The zero-order chi connectivity index (χ0) is 16.3. The average molecular weight is 363 g/mol. The molecule has 0 radical (unpaired) electrons. The first-order chi connectivity index (χ1) is 10.4. The molecule has 0 aliphatic heterocycles. The molecule has 0 aliphatic rings. The molecule has 0 fully saturated rings. The zero-order valence-corrected chi connectivity index (χ0v) is 13.3. The predicted octanol–water partition coefficient (Wildman–Crippen LogP) is 3.32. The Hall–Kier alpha value is -1.84. The first kappa shape index (κ1) is 16.5. The van der Waals surface area contributed by atoms with Crippen LogP contribution in [-0.4, -0.2) is 26.8 Å². The van der Waals surface area contributed by atoms with Gasteiger partial charge < -0.3 is 9.73 Å². The molecule has 0 saturated carbocycles. The lowest BCUT2D eigenvalue weighted by Gasteiger charge is -2.08. The van der Waals surface area contributed by atoms with E-state index in [1.54, 1.807) is 6.92 Å². The molecule has 0 aliphatic carbocycles. The fraction of sp³-hybridized carbons (Fsp3) is 0.182. The molecule has 0 unspecified atom stereocenters. The summed E-state index contributed by atoms with van der Waals surface area (Å²) in [6.45, 7) is 1.63. The summed E-state index contributed by atoms with van der Waals surface area (Å²) in [5.74, 6) is -0.0338. The second kappa shape index (κ2) is 6.95. The Morgan fingerprint density at radius 3 is 2.55 bits per heavy atom. The number of amides is 1. The van der Waals surface area contributed by atoms with E-state index in [4.69, 9.17) is 27.6 Å². The predicted molar refractivity (Wildman–Crippen MR) is 81.5 cm³/mol. The van der Waals surface area contributed by atoms with Crippen LogP contribution in [0.2, 0.25) is 10.0 Å². The summed E-state index contributed by atoms with van der Waals surface area (Å²) in [5, 5.41) is 20.7. The van der Waals surface area contributed by atoms with Gasteiger partial charge in [0.15, 0.2) is 0 Å². The van der Waals surface area contributed by atoms with Crippen LogP contribution in [0.1, 0.15) is 5.89 Å². The van der Waals surface area contributed by atoms with Gasteiger partial charge in [-0.05, 0) is 0 Å². The Morgan fingerprint density at radius 2 is 2.05 bits per heavy atom. The molecule has 8 nitrogen and oxygen atoms in total. The van der Waals surface area contributed by atoms with Crippen molar-refractivity contribution in [2.24, 2.45) is 0 Å². The summed E-state index contributed by atoms with van der Waals surface area (Å²) in [5.41, 5.74) is -0.148. The lowest BCUT2D eigenvalue weighted by molar-refractivity contribution is -0.384.